The molecule has 0 amide bonds. The number of hydrogen-bond acceptors (Lipinski definition) is 4. The molecule has 0 fully saturated rings. The molecule has 1 atom stereocenters. The maximum Gasteiger partial charge on any atom is 0.0314 e. The molecular weight excluding hydrogens is 182 g/mol. The third kappa shape index (κ3) is 2.14. The van der Waals surface area contributed by atoms with E-state index in [1.165, 1.54) is 24.3 Å². The van der Waals surface area contributed by atoms with Crippen LogP contribution in [0.3, 0.4) is 0 Å². The summed E-state index contributed by atoms with van der Waals surface area (Å²) in [6, 6.07) is 5.77. The Morgan fingerprint density at radius 1 is 1.36 bits per heavy atom. The second-order valence-electron chi connectivity index (χ2n) is 2.02. The first-order valence-corrected chi connectivity index (χ1v) is 5.22. The van der Waals surface area contributed by atoms with Gasteiger partial charge < -0.3 is 10.3 Å². The highest BCUT2D eigenvalue weighted by atomic mass is 32.8. The van der Waals surface area contributed by atoms with Crippen molar-refractivity contribution in [1.82, 2.24) is 0 Å². The van der Waals surface area contributed by atoms with E-state index in [1.807, 2.05) is 0 Å². The molecule has 1 unspecified atom stereocenters. The largest absolute Gasteiger partial charge is 0.766 e. The zero-order chi connectivity index (χ0) is 8.48. The van der Waals surface area contributed by atoms with Gasteiger partial charge in [-0.25, -0.2) is 0 Å². The number of benzene rings is 1. The van der Waals surface area contributed by atoms with Crippen LogP contribution in [0.1, 0.15) is 0 Å². The van der Waals surface area contributed by atoms with E-state index in [9.17, 15) is 8.76 Å². The molecule has 3 nitrogen and oxygen atoms in total. The monoisotopic (exact) mass is 188 g/mol. The van der Waals surface area contributed by atoms with Gasteiger partial charge in [-0.1, -0.05) is 0 Å². The molecular formula is C6H6NO2S2-. The van der Waals surface area contributed by atoms with Crippen LogP contribution in [-0.4, -0.2) is 8.76 Å². The van der Waals surface area contributed by atoms with E-state index in [1.54, 1.807) is 0 Å². The summed E-state index contributed by atoms with van der Waals surface area (Å²) in [4.78, 5) is 0.113. The molecule has 11 heavy (non-hydrogen) atoms. The van der Waals surface area contributed by atoms with Crippen LogP contribution in [0.5, 0.6) is 0 Å². The maximum atomic E-state index is 10.7. The van der Waals surface area contributed by atoms with Crippen molar-refractivity contribution in [1.29, 1.82) is 0 Å². The summed E-state index contributed by atoms with van der Waals surface area (Å²) >= 11 is 4.23. The van der Waals surface area contributed by atoms with Gasteiger partial charge in [-0.2, -0.15) is 0 Å². The molecule has 0 bridgehead atoms. The quantitative estimate of drug-likeness (QED) is 0.652. The number of nitrogens with two attached hydrogens (primary N) is 1. The summed E-state index contributed by atoms with van der Waals surface area (Å²) in [5, 5.41) is 0. The van der Waals surface area contributed by atoms with Crippen molar-refractivity contribution in [2.24, 2.45) is 0 Å². The predicted octanol–water partition coefficient (Wildman–Crippen LogP) is 0.504. The zero-order valence-electron chi connectivity index (χ0n) is 5.52. The van der Waals surface area contributed by atoms with Crippen molar-refractivity contribution in [3.05, 3.63) is 24.3 Å². The van der Waals surface area contributed by atoms with E-state index in [4.69, 9.17) is 5.73 Å². The van der Waals surface area contributed by atoms with Crippen molar-refractivity contribution in [3.8, 4) is 0 Å². The summed E-state index contributed by atoms with van der Waals surface area (Å²) in [7, 11) is -3.49. The summed E-state index contributed by atoms with van der Waals surface area (Å²) in [6.45, 7) is 0. The third-order valence-electron chi connectivity index (χ3n) is 1.17. The summed E-state index contributed by atoms with van der Waals surface area (Å²) in [6.07, 6.45) is 0. The van der Waals surface area contributed by atoms with Crippen molar-refractivity contribution in [2.75, 3.05) is 5.73 Å². The fourth-order valence-corrected chi connectivity index (χ4v) is 1.44. The second-order valence-corrected chi connectivity index (χ2v) is 4.72. The lowest BCUT2D eigenvalue weighted by Crippen LogP contribution is -1.96. The predicted molar refractivity (Wildman–Crippen MR) is 45.4 cm³/mol. The Morgan fingerprint density at radius 2 is 1.82 bits per heavy atom. The minimum atomic E-state index is -3.49. The molecule has 1 rings (SSSR count). The van der Waals surface area contributed by atoms with Gasteiger partial charge in [-0.05, 0) is 44.2 Å². The van der Waals surface area contributed by atoms with E-state index >= 15 is 0 Å². The first-order chi connectivity index (χ1) is 5.00. The van der Waals surface area contributed by atoms with E-state index in [-0.39, 0.29) is 4.90 Å². The van der Waals surface area contributed by atoms with Crippen LogP contribution in [0.15, 0.2) is 29.2 Å². The molecule has 0 aliphatic rings. The smallest absolute Gasteiger partial charge is 0.0314 e. The average Bonchev–Trinajstić information content (AvgIpc) is 1.86. The minimum Gasteiger partial charge on any atom is -0.766 e. The highest BCUT2D eigenvalue weighted by Crippen LogP contribution is 2.10. The Balaban J connectivity index is 3.20. The summed E-state index contributed by atoms with van der Waals surface area (Å²) in [5.41, 5.74) is 5.86. The Labute approximate surface area is 69.7 Å². The molecule has 0 saturated heterocycles. The first kappa shape index (κ1) is 8.45. The van der Waals surface area contributed by atoms with Gasteiger partial charge in [0.05, 0.1) is 0 Å². The molecule has 5 heteroatoms. The molecule has 60 valence electrons. The third-order valence-corrected chi connectivity index (χ3v) is 2.60. The molecule has 1 aromatic carbocycles. The fourth-order valence-electron chi connectivity index (χ4n) is 0.634. The van der Waals surface area contributed by atoms with Gasteiger partial charge in [-0.15, -0.1) is 0 Å². The molecule has 0 aliphatic heterocycles. The Hall–Kier alpha value is -0.650. The van der Waals surface area contributed by atoms with Gasteiger partial charge in [0, 0.05) is 10.6 Å². The van der Waals surface area contributed by atoms with Gasteiger partial charge in [0.25, 0.3) is 0 Å². The van der Waals surface area contributed by atoms with E-state index < -0.39 is 8.77 Å². The molecule has 2 N–H and O–H groups in total. The standard InChI is InChI=1S/C6H7NO2S2/c7-5-1-3-6(4-2-5)11(8,9)10/h1-4H,7H2,(H,8,9,10)/p-1. The van der Waals surface area contributed by atoms with Crippen LogP contribution in [0.2, 0.25) is 0 Å². The number of hydrogen-bond donors (Lipinski definition) is 1. The molecule has 0 saturated carbocycles. The second kappa shape index (κ2) is 2.77. The normalized spacial score (nSPS) is 15.7. The van der Waals surface area contributed by atoms with E-state index in [0.717, 1.165) is 0 Å². The SMILES string of the molecule is Nc1ccc(S(=O)([O-])=S)cc1. The van der Waals surface area contributed by atoms with Crippen LogP contribution in [-0.2, 0) is 20.0 Å². The van der Waals surface area contributed by atoms with E-state index in [2.05, 4.69) is 11.2 Å². The van der Waals surface area contributed by atoms with Crippen LogP contribution in [0.25, 0.3) is 0 Å². The van der Waals surface area contributed by atoms with Gasteiger partial charge in [0.2, 0.25) is 0 Å². The number of nitrogen functional groups attached to an aromatic ring is 1. The van der Waals surface area contributed by atoms with Gasteiger partial charge in [0.15, 0.2) is 0 Å². The zero-order valence-corrected chi connectivity index (χ0v) is 7.15. The van der Waals surface area contributed by atoms with Gasteiger partial charge >= 0.3 is 0 Å². The first-order valence-electron chi connectivity index (χ1n) is 2.81. The average molecular weight is 188 g/mol. The van der Waals surface area contributed by atoms with Crippen LogP contribution in [0.4, 0.5) is 5.69 Å². The molecule has 0 radical (unpaired) electrons. The summed E-state index contributed by atoms with van der Waals surface area (Å²) < 4.78 is 21.4. The topological polar surface area (TPSA) is 66.2 Å². The molecule has 1 aromatic rings. The number of rotatable bonds is 1. The Kier molecular flexibility index (Phi) is 2.12. The van der Waals surface area contributed by atoms with Crippen molar-refractivity contribution in [3.63, 3.8) is 0 Å². The lowest BCUT2D eigenvalue weighted by Gasteiger charge is -2.09. The Bertz CT molecular complexity index is 341. The number of anilines is 1. The lowest BCUT2D eigenvalue weighted by atomic mass is 10.3. The molecule has 0 heterocycles. The highest BCUT2D eigenvalue weighted by Gasteiger charge is 1.94. The van der Waals surface area contributed by atoms with Gasteiger partial charge in [-0.3, -0.25) is 4.21 Å². The highest BCUT2D eigenvalue weighted by molar-refractivity contribution is 8.29. The lowest BCUT2D eigenvalue weighted by molar-refractivity contribution is 0.534. The van der Waals surface area contributed by atoms with Crippen LogP contribution < -0.4 is 5.73 Å². The van der Waals surface area contributed by atoms with Crippen molar-refractivity contribution < 1.29 is 8.76 Å². The summed E-state index contributed by atoms with van der Waals surface area (Å²) in [5.74, 6) is 0. The molecule has 0 spiro atoms. The van der Waals surface area contributed by atoms with Crippen LogP contribution in [0, 0.1) is 0 Å². The minimum absolute atomic E-state index is 0.113. The molecule has 0 aromatic heterocycles. The maximum absolute atomic E-state index is 10.7. The van der Waals surface area contributed by atoms with Crippen molar-refractivity contribution in [2.45, 2.75) is 4.90 Å². The molecule has 0 aliphatic carbocycles. The van der Waals surface area contributed by atoms with Gasteiger partial charge in [0.1, 0.15) is 0 Å². The van der Waals surface area contributed by atoms with Crippen LogP contribution >= 0.6 is 0 Å². The van der Waals surface area contributed by atoms with Crippen molar-refractivity contribution >= 4 is 25.6 Å². The Morgan fingerprint density at radius 3 is 2.18 bits per heavy atom. The van der Waals surface area contributed by atoms with E-state index in [0.29, 0.717) is 5.69 Å². The fraction of sp³-hybridized carbons (Fsp3) is 0.